The molecular formula is C71H131N2O6P. The molecule has 0 heterocycles. The average molecular weight is 1140 g/mol. The molecule has 0 bridgehead atoms. The molecule has 0 aromatic heterocycles. The number of likely N-dealkylation sites (N-methyl/N-ethyl adjacent to an activating group) is 1. The number of hydrogen-bond donors (Lipinski definition) is 2. The lowest BCUT2D eigenvalue weighted by atomic mass is 10.0. The van der Waals surface area contributed by atoms with Crippen LogP contribution in [0.4, 0.5) is 0 Å². The maximum Gasteiger partial charge on any atom is 0.268 e. The van der Waals surface area contributed by atoms with Gasteiger partial charge in [-0.05, 0) is 77.0 Å². The van der Waals surface area contributed by atoms with Crippen LogP contribution in [-0.4, -0.2) is 68.5 Å². The lowest BCUT2D eigenvalue weighted by Crippen LogP contribution is -2.45. The number of phosphoric ester groups is 1. The van der Waals surface area contributed by atoms with Gasteiger partial charge in [0.15, 0.2) is 0 Å². The van der Waals surface area contributed by atoms with Gasteiger partial charge in [0, 0.05) is 6.42 Å². The summed E-state index contributed by atoms with van der Waals surface area (Å²) >= 11 is 0. The standard InChI is InChI=1S/C71H131N2O6P/c1-6-8-10-12-14-16-18-20-22-24-26-28-29-30-31-32-33-34-35-36-37-38-39-40-41-42-43-45-47-49-51-53-55-57-59-61-63-65-71(75)72-69(68-79-80(76,77)78-67-66-73(3,4)5)70(74)64-62-60-58-56-54-52-50-48-46-44-27-25-23-21-19-17-15-13-11-9-7-2/h8,10,14,16,20,22,26,28,30-31,54,56,62,64,69-70,74H,6-7,9,11-13,15,17-19,21,23-25,27,29,32-53,55,57-61,63,65-68H2,1-5H3,(H-,72,75,76,77)/b10-8-,16-14-,22-20-,28-26-,31-30-,56-54+,64-62+. The number of unbranched alkanes of at least 4 members (excludes halogenated alkanes) is 37. The molecule has 9 heteroatoms. The first-order valence-corrected chi connectivity index (χ1v) is 35.4. The maximum absolute atomic E-state index is 13.0. The van der Waals surface area contributed by atoms with Gasteiger partial charge in [-0.1, -0.05) is 311 Å². The largest absolute Gasteiger partial charge is 0.756 e. The minimum Gasteiger partial charge on any atom is -0.756 e. The second kappa shape index (κ2) is 61.2. The van der Waals surface area contributed by atoms with Crippen molar-refractivity contribution in [3.8, 4) is 0 Å². The predicted octanol–water partition coefficient (Wildman–Crippen LogP) is 20.9. The lowest BCUT2D eigenvalue weighted by molar-refractivity contribution is -0.870. The summed E-state index contributed by atoms with van der Waals surface area (Å²) < 4.78 is 23.4. The first kappa shape index (κ1) is 77.7. The van der Waals surface area contributed by atoms with Crippen LogP contribution >= 0.6 is 7.82 Å². The summed E-state index contributed by atoms with van der Waals surface area (Å²) in [5.41, 5.74) is 0. The zero-order valence-electron chi connectivity index (χ0n) is 53.3. The zero-order valence-corrected chi connectivity index (χ0v) is 54.2. The van der Waals surface area contributed by atoms with E-state index in [2.05, 4.69) is 92.1 Å². The van der Waals surface area contributed by atoms with Crippen molar-refractivity contribution in [1.29, 1.82) is 0 Å². The number of amides is 1. The van der Waals surface area contributed by atoms with E-state index in [1.54, 1.807) is 6.08 Å². The van der Waals surface area contributed by atoms with Crippen molar-refractivity contribution < 1.29 is 32.9 Å². The van der Waals surface area contributed by atoms with E-state index in [1.165, 1.54) is 218 Å². The number of hydrogen-bond acceptors (Lipinski definition) is 6. The van der Waals surface area contributed by atoms with Crippen LogP contribution in [0.5, 0.6) is 0 Å². The second-order valence-corrected chi connectivity index (χ2v) is 25.6. The van der Waals surface area contributed by atoms with Gasteiger partial charge in [-0.15, -0.1) is 0 Å². The zero-order chi connectivity index (χ0) is 58.4. The molecule has 0 spiro atoms. The van der Waals surface area contributed by atoms with Crippen molar-refractivity contribution in [2.45, 2.75) is 321 Å². The van der Waals surface area contributed by atoms with Crippen LogP contribution in [0.3, 0.4) is 0 Å². The highest BCUT2D eigenvalue weighted by Gasteiger charge is 2.23. The molecule has 8 nitrogen and oxygen atoms in total. The predicted molar refractivity (Wildman–Crippen MR) is 348 cm³/mol. The Hall–Kier alpha value is -2.32. The molecule has 2 N–H and O–H groups in total. The minimum absolute atomic E-state index is 0.00699. The number of carbonyl (C=O) groups excluding carboxylic acids is 1. The number of phosphoric acid groups is 1. The molecule has 466 valence electrons. The molecule has 0 saturated heterocycles. The van der Waals surface area contributed by atoms with Crippen LogP contribution in [0.15, 0.2) is 85.1 Å². The summed E-state index contributed by atoms with van der Waals surface area (Å²) in [4.78, 5) is 25.6. The van der Waals surface area contributed by atoms with Gasteiger partial charge in [-0.25, -0.2) is 0 Å². The van der Waals surface area contributed by atoms with Crippen molar-refractivity contribution in [3.63, 3.8) is 0 Å². The molecule has 0 rings (SSSR count). The third-order valence-electron chi connectivity index (χ3n) is 15.1. The lowest BCUT2D eigenvalue weighted by Gasteiger charge is -2.29. The summed E-state index contributed by atoms with van der Waals surface area (Å²) in [5, 5.41) is 13.9. The number of carbonyl (C=O) groups is 1. The average Bonchev–Trinajstić information content (AvgIpc) is 3.42. The Morgan fingerprint density at radius 2 is 0.775 bits per heavy atom. The molecule has 0 aromatic carbocycles. The molecule has 3 atom stereocenters. The number of nitrogens with one attached hydrogen (secondary N) is 1. The van der Waals surface area contributed by atoms with Gasteiger partial charge in [0.25, 0.3) is 7.82 Å². The van der Waals surface area contributed by atoms with Crippen LogP contribution < -0.4 is 10.2 Å². The Morgan fingerprint density at radius 1 is 0.450 bits per heavy atom. The molecule has 0 aliphatic carbocycles. The first-order chi connectivity index (χ1) is 39.0. The van der Waals surface area contributed by atoms with Gasteiger partial charge in [-0.2, -0.15) is 0 Å². The first-order valence-electron chi connectivity index (χ1n) is 33.9. The molecule has 80 heavy (non-hydrogen) atoms. The Labute approximate surface area is 497 Å². The highest BCUT2D eigenvalue weighted by atomic mass is 31.2. The normalized spacial score (nSPS) is 14.2. The number of nitrogens with zero attached hydrogens (tertiary/aromatic N) is 1. The van der Waals surface area contributed by atoms with E-state index in [-0.39, 0.29) is 12.5 Å². The number of allylic oxidation sites excluding steroid dienone is 13. The van der Waals surface area contributed by atoms with E-state index < -0.39 is 26.6 Å². The fourth-order valence-electron chi connectivity index (χ4n) is 9.85. The van der Waals surface area contributed by atoms with Gasteiger partial charge in [0.1, 0.15) is 13.2 Å². The molecule has 0 aliphatic rings. The molecule has 1 amide bonds. The van der Waals surface area contributed by atoms with E-state index >= 15 is 0 Å². The van der Waals surface area contributed by atoms with E-state index in [0.29, 0.717) is 17.4 Å². The third-order valence-corrected chi connectivity index (χ3v) is 16.1. The SMILES string of the molecule is CC/C=C\C/C=C\C/C=C\C/C=C\C/C=C\CCCCCCCCCCCCCCCCCCCCCCCC(=O)NC(COP(=O)([O-])OCC[N+](C)(C)C)C(O)/C=C/CC/C=C/CCCCCCCCCCCCCCCCC. The number of quaternary nitrogens is 1. The van der Waals surface area contributed by atoms with E-state index in [1.807, 2.05) is 27.2 Å². The van der Waals surface area contributed by atoms with E-state index in [9.17, 15) is 19.4 Å². The topological polar surface area (TPSA) is 108 Å². The highest BCUT2D eigenvalue weighted by molar-refractivity contribution is 7.45. The Bertz CT molecular complexity index is 1580. The summed E-state index contributed by atoms with van der Waals surface area (Å²) in [6.45, 7) is 4.55. The molecule has 0 fully saturated rings. The van der Waals surface area contributed by atoms with Gasteiger partial charge >= 0.3 is 0 Å². The van der Waals surface area contributed by atoms with Crippen LogP contribution in [-0.2, 0) is 18.4 Å². The molecule has 0 saturated carbocycles. The van der Waals surface area contributed by atoms with Crippen molar-refractivity contribution in [3.05, 3.63) is 85.1 Å². The van der Waals surface area contributed by atoms with Gasteiger partial charge in [-0.3, -0.25) is 9.36 Å². The Balaban J connectivity index is 4.04. The summed E-state index contributed by atoms with van der Waals surface area (Å²) in [7, 11) is 1.25. The van der Waals surface area contributed by atoms with Crippen LogP contribution in [0, 0.1) is 0 Å². The second-order valence-electron chi connectivity index (χ2n) is 24.1. The van der Waals surface area contributed by atoms with Gasteiger partial charge in [0.2, 0.25) is 5.91 Å². The summed E-state index contributed by atoms with van der Waals surface area (Å²) in [6.07, 6.45) is 87.0. The molecule has 0 aliphatic heterocycles. The number of aliphatic hydroxyl groups excluding tert-OH is 1. The van der Waals surface area contributed by atoms with Crippen molar-refractivity contribution in [2.75, 3.05) is 40.9 Å². The van der Waals surface area contributed by atoms with Crippen molar-refractivity contribution in [1.82, 2.24) is 5.32 Å². The summed E-state index contributed by atoms with van der Waals surface area (Å²) in [6, 6.07) is -0.906. The molecular weight excluding hydrogens is 1010 g/mol. The monoisotopic (exact) mass is 1140 g/mol. The molecule has 0 aromatic rings. The third kappa shape index (κ3) is 63.3. The fourth-order valence-corrected chi connectivity index (χ4v) is 10.6. The molecule has 0 radical (unpaired) electrons. The quantitative estimate of drug-likeness (QED) is 0.0272. The fraction of sp³-hybridized carbons (Fsp3) is 0.789. The van der Waals surface area contributed by atoms with E-state index in [0.717, 1.165) is 70.6 Å². The van der Waals surface area contributed by atoms with Gasteiger partial charge < -0.3 is 28.8 Å². The van der Waals surface area contributed by atoms with Crippen LogP contribution in [0.1, 0.15) is 309 Å². The number of aliphatic hydroxyl groups is 1. The smallest absolute Gasteiger partial charge is 0.268 e. The highest BCUT2D eigenvalue weighted by Crippen LogP contribution is 2.38. The van der Waals surface area contributed by atoms with Gasteiger partial charge in [0.05, 0.1) is 39.9 Å². The Morgan fingerprint density at radius 3 is 1.16 bits per heavy atom. The van der Waals surface area contributed by atoms with Crippen molar-refractivity contribution in [2.24, 2.45) is 0 Å². The summed E-state index contributed by atoms with van der Waals surface area (Å²) in [5.74, 6) is -0.204. The van der Waals surface area contributed by atoms with E-state index in [4.69, 9.17) is 9.05 Å². The number of rotatable bonds is 62. The Kier molecular flexibility index (Phi) is 59.5. The maximum atomic E-state index is 13.0. The van der Waals surface area contributed by atoms with Crippen LogP contribution in [0.25, 0.3) is 0 Å². The van der Waals surface area contributed by atoms with Crippen LogP contribution in [0.2, 0.25) is 0 Å². The minimum atomic E-state index is -4.61. The molecule has 3 unspecified atom stereocenters. The van der Waals surface area contributed by atoms with Crippen molar-refractivity contribution >= 4 is 13.7 Å².